The van der Waals surface area contributed by atoms with Gasteiger partial charge in [-0.25, -0.2) is 0 Å². The molecule has 120 valence electrons. The van der Waals surface area contributed by atoms with Gasteiger partial charge in [-0.05, 0) is 30.5 Å². The quantitative estimate of drug-likeness (QED) is 0.711. The van der Waals surface area contributed by atoms with Crippen LogP contribution in [0.4, 0.5) is 0 Å². The van der Waals surface area contributed by atoms with Gasteiger partial charge in [0.25, 0.3) is 5.91 Å². The van der Waals surface area contributed by atoms with Crippen LogP contribution in [0.5, 0.6) is 0 Å². The molecule has 1 aromatic carbocycles. The zero-order valence-corrected chi connectivity index (χ0v) is 13.2. The summed E-state index contributed by atoms with van der Waals surface area (Å²) in [6.07, 6.45) is 2.28. The highest BCUT2D eigenvalue weighted by Gasteiger charge is 2.23. The maximum absolute atomic E-state index is 12.6. The summed E-state index contributed by atoms with van der Waals surface area (Å²) in [5, 5.41) is 14.7. The molecule has 2 amide bonds. The Morgan fingerprint density at radius 1 is 1.30 bits per heavy atom. The largest absolute Gasteiger partial charge is 0.361 e. The molecule has 6 nitrogen and oxygen atoms in total. The first-order valence-electron chi connectivity index (χ1n) is 7.54. The van der Waals surface area contributed by atoms with Crippen molar-refractivity contribution in [1.29, 1.82) is 5.26 Å². The van der Waals surface area contributed by atoms with Gasteiger partial charge in [0.15, 0.2) is 0 Å². The van der Waals surface area contributed by atoms with Gasteiger partial charge in [-0.1, -0.05) is 19.9 Å². The maximum atomic E-state index is 12.6. The monoisotopic (exact) mass is 312 g/mol. The molecule has 2 aromatic rings. The fourth-order valence-electron chi connectivity index (χ4n) is 2.47. The molecule has 0 aliphatic carbocycles. The Morgan fingerprint density at radius 3 is 2.78 bits per heavy atom. The summed E-state index contributed by atoms with van der Waals surface area (Å²) >= 11 is 0. The minimum atomic E-state index is -0.662. The summed E-state index contributed by atoms with van der Waals surface area (Å²) in [5.41, 5.74) is 1.39. The van der Waals surface area contributed by atoms with Crippen molar-refractivity contribution in [3.05, 3.63) is 36.0 Å². The Hall–Kier alpha value is -2.81. The van der Waals surface area contributed by atoms with Crippen LogP contribution < -0.4 is 10.6 Å². The Balaban J connectivity index is 2.18. The van der Waals surface area contributed by atoms with Gasteiger partial charge in [0, 0.05) is 22.7 Å². The van der Waals surface area contributed by atoms with E-state index in [-0.39, 0.29) is 24.3 Å². The van der Waals surface area contributed by atoms with E-state index in [9.17, 15) is 9.59 Å². The van der Waals surface area contributed by atoms with Gasteiger partial charge in [0.05, 0.1) is 6.07 Å². The molecule has 3 N–H and O–H groups in total. The fraction of sp³-hybridized carbons (Fsp3) is 0.353. The lowest BCUT2D eigenvalue weighted by atomic mass is 10.0. The Kier molecular flexibility index (Phi) is 5.36. The number of aromatic amines is 1. The molecule has 0 aliphatic heterocycles. The van der Waals surface area contributed by atoms with Crippen molar-refractivity contribution in [2.75, 3.05) is 6.54 Å². The van der Waals surface area contributed by atoms with Crippen LogP contribution in [0.3, 0.4) is 0 Å². The van der Waals surface area contributed by atoms with E-state index in [0.29, 0.717) is 12.0 Å². The number of hydrogen-bond donors (Lipinski definition) is 3. The van der Waals surface area contributed by atoms with Crippen molar-refractivity contribution < 1.29 is 9.59 Å². The first-order valence-corrected chi connectivity index (χ1v) is 7.54. The van der Waals surface area contributed by atoms with Crippen molar-refractivity contribution in [3.63, 3.8) is 0 Å². The number of H-pyrrole nitrogens is 1. The third-order valence-electron chi connectivity index (χ3n) is 3.51. The summed E-state index contributed by atoms with van der Waals surface area (Å²) < 4.78 is 0. The van der Waals surface area contributed by atoms with Crippen LogP contribution >= 0.6 is 0 Å². The van der Waals surface area contributed by atoms with E-state index >= 15 is 0 Å². The molecule has 0 fully saturated rings. The van der Waals surface area contributed by atoms with E-state index in [4.69, 9.17) is 5.26 Å². The second kappa shape index (κ2) is 7.45. The van der Waals surface area contributed by atoms with Gasteiger partial charge in [-0.3, -0.25) is 9.59 Å². The highest BCUT2D eigenvalue weighted by atomic mass is 16.2. The molecule has 0 bridgehead atoms. The molecule has 0 radical (unpaired) electrons. The molecule has 0 unspecified atom stereocenters. The number of benzene rings is 1. The normalized spacial score (nSPS) is 11.9. The molecule has 23 heavy (non-hydrogen) atoms. The zero-order chi connectivity index (χ0) is 16.8. The predicted octanol–water partition coefficient (Wildman–Crippen LogP) is 1.95. The van der Waals surface area contributed by atoms with E-state index in [1.54, 1.807) is 18.3 Å². The zero-order valence-electron chi connectivity index (χ0n) is 13.2. The van der Waals surface area contributed by atoms with E-state index in [2.05, 4.69) is 15.6 Å². The number of carbonyl (C=O) groups excluding carboxylic acids is 2. The minimum Gasteiger partial charge on any atom is -0.361 e. The second-order valence-electron chi connectivity index (χ2n) is 5.78. The van der Waals surface area contributed by atoms with Gasteiger partial charge in [0.1, 0.15) is 12.6 Å². The molecule has 1 atom stereocenters. The second-order valence-corrected chi connectivity index (χ2v) is 5.78. The van der Waals surface area contributed by atoms with Crippen LogP contribution in [0.25, 0.3) is 10.9 Å². The van der Waals surface area contributed by atoms with Crippen LogP contribution in [0, 0.1) is 17.2 Å². The topological polar surface area (TPSA) is 97.8 Å². The number of carbonyl (C=O) groups is 2. The van der Waals surface area contributed by atoms with Crippen molar-refractivity contribution in [3.8, 4) is 6.07 Å². The molecule has 1 aromatic heterocycles. The smallest absolute Gasteiger partial charge is 0.252 e. The first-order chi connectivity index (χ1) is 11.0. The third-order valence-corrected chi connectivity index (χ3v) is 3.51. The fourth-order valence-corrected chi connectivity index (χ4v) is 2.47. The average molecular weight is 312 g/mol. The number of nitrogens with zero attached hydrogens (tertiary/aromatic N) is 1. The van der Waals surface area contributed by atoms with E-state index in [1.807, 2.05) is 32.0 Å². The third kappa shape index (κ3) is 4.10. The highest BCUT2D eigenvalue weighted by molar-refractivity contribution is 6.07. The molecule has 0 saturated heterocycles. The summed E-state index contributed by atoms with van der Waals surface area (Å²) in [7, 11) is 0. The predicted molar refractivity (Wildman–Crippen MR) is 87.6 cm³/mol. The van der Waals surface area contributed by atoms with Crippen molar-refractivity contribution in [1.82, 2.24) is 15.6 Å². The van der Waals surface area contributed by atoms with Crippen LogP contribution in [0.2, 0.25) is 0 Å². The van der Waals surface area contributed by atoms with Gasteiger partial charge < -0.3 is 15.6 Å². The molecule has 0 aliphatic rings. The molecular weight excluding hydrogens is 292 g/mol. The van der Waals surface area contributed by atoms with Crippen molar-refractivity contribution in [2.24, 2.45) is 5.92 Å². The number of nitrogens with one attached hydrogen (secondary N) is 3. The van der Waals surface area contributed by atoms with Gasteiger partial charge in [-0.2, -0.15) is 5.26 Å². The van der Waals surface area contributed by atoms with Crippen LogP contribution in [-0.2, 0) is 4.79 Å². The number of fused-ring (bicyclic) bond motifs is 1. The van der Waals surface area contributed by atoms with E-state index < -0.39 is 6.04 Å². The number of hydrogen-bond acceptors (Lipinski definition) is 3. The lowest BCUT2D eigenvalue weighted by molar-refractivity contribution is -0.123. The summed E-state index contributed by atoms with van der Waals surface area (Å²) in [5.74, 6) is -0.404. The number of amides is 2. The average Bonchev–Trinajstić information content (AvgIpc) is 2.99. The standard InChI is InChI=1S/C17H20N4O2/c1-11(2)10-15(17(23)20-9-7-18)21-16(22)13-4-3-5-14-12(13)6-8-19-14/h3-6,8,11,15,19H,9-10H2,1-2H3,(H,20,23)(H,21,22)/t15-/m0/s1. The van der Waals surface area contributed by atoms with E-state index in [1.165, 1.54) is 0 Å². The minimum absolute atomic E-state index is 0.0727. The molecule has 0 spiro atoms. The SMILES string of the molecule is CC(C)C[C@H](NC(=O)c1cccc2[nH]ccc12)C(=O)NCC#N. The van der Waals surface area contributed by atoms with Crippen LogP contribution in [0.15, 0.2) is 30.5 Å². The Bertz CT molecular complexity index is 742. The first kappa shape index (κ1) is 16.6. The van der Waals surface area contributed by atoms with Gasteiger partial charge in [0.2, 0.25) is 5.91 Å². The summed E-state index contributed by atoms with van der Waals surface area (Å²) in [6, 6.07) is 8.44. The number of aromatic nitrogens is 1. The van der Waals surface area contributed by atoms with Crippen molar-refractivity contribution in [2.45, 2.75) is 26.3 Å². The van der Waals surface area contributed by atoms with Gasteiger partial charge in [-0.15, -0.1) is 0 Å². The lowest BCUT2D eigenvalue weighted by Crippen LogP contribution is -2.47. The lowest BCUT2D eigenvalue weighted by Gasteiger charge is -2.19. The summed E-state index contributed by atoms with van der Waals surface area (Å²) in [6.45, 7) is 3.88. The van der Waals surface area contributed by atoms with Crippen LogP contribution in [-0.4, -0.2) is 29.4 Å². The molecule has 1 heterocycles. The molecule has 0 saturated carbocycles. The van der Waals surface area contributed by atoms with E-state index in [0.717, 1.165) is 10.9 Å². The number of rotatable bonds is 6. The number of nitriles is 1. The Labute approximate surface area is 134 Å². The molecule has 2 rings (SSSR count). The molecule has 6 heteroatoms. The maximum Gasteiger partial charge on any atom is 0.252 e. The summed E-state index contributed by atoms with van der Waals surface area (Å²) in [4.78, 5) is 27.7. The van der Waals surface area contributed by atoms with Crippen LogP contribution in [0.1, 0.15) is 30.6 Å². The molecular formula is C17H20N4O2. The Morgan fingerprint density at radius 2 is 2.09 bits per heavy atom. The highest BCUT2D eigenvalue weighted by Crippen LogP contribution is 2.17. The van der Waals surface area contributed by atoms with Gasteiger partial charge >= 0.3 is 0 Å². The van der Waals surface area contributed by atoms with Crippen molar-refractivity contribution >= 4 is 22.7 Å².